The maximum absolute atomic E-state index is 13.2. The average molecular weight is 409 g/mol. The molecule has 2 fully saturated rings. The molecule has 0 atom stereocenters. The minimum atomic E-state index is -0.284. The second kappa shape index (κ2) is 9.24. The van der Waals surface area contributed by atoms with E-state index in [1.54, 1.807) is 12.3 Å². The Morgan fingerprint density at radius 3 is 2.57 bits per heavy atom. The van der Waals surface area contributed by atoms with Crippen LogP contribution in [-0.2, 0) is 17.9 Å². The van der Waals surface area contributed by atoms with Crippen molar-refractivity contribution >= 4 is 11.8 Å². The predicted octanol–water partition coefficient (Wildman–Crippen LogP) is 2.50. The van der Waals surface area contributed by atoms with Crippen molar-refractivity contribution in [1.82, 2.24) is 19.8 Å². The molecular weight excluding hydrogens is 380 g/mol. The van der Waals surface area contributed by atoms with Crippen LogP contribution in [0.5, 0.6) is 0 Å². The van der Waals surface area contributed by atoms with Gasteiger partial charge in [-0.05, 0) is 43.9 Å². The highest BCUT2D eigenvalue weighted by atomic mass is 16.2. The van der Waals surface area contributed by atoms with Crippen molar-refractivity contribution in [3.05, 3.63) is 64.3 Å². The van der Waals surface area contributed by atoms with Gasteiger partial charge in [-0.25, -0.2) is 0 Å². The first-order valence-corrected chi connectivity index (χ1v) is 10.8. The Hall–Kier alpha value is -2.96. The molecule has 0 bridgehead atoms. The lowest BCUT2D eigenvalue weighted by atomic mass is 9.95. The highest BCUT2D eigenvalue weighted by molar-refractivity contribution is 5.94. The SMILES string of the molecule is O=C(Cn1cc(C(=O)N(Cc2ccccn2)C2CC2)ccc1=O)NC1CCCCC1. The summed E-state index contributed by atoms with van der Waals surface area (Å²) < 4.78 is 1.33. The Bertz CT molecular complexity index is 946. The van der Waals surface area contributed by atoms with Gasteiger partial charge < -0.3 is 14.8 Å². The summed E-state index contributed by atoms with van der Waals surface area (Å²) in [5.41, 5.74) is 0.967. The zero-order valence-electron chi connectivity index (χ0n) is 17.1. The van der Waals surface area contributed by atoms with Crippen LogP contribution in [0, 0.1) is 0 Å². The molecule has 4 rings (SSSR count). The summed E-state index contributed by atoms with van der Waals surface area (Å²) >= 11 is 0. The lowest BCUT2D eigenvalue weighted by molar-refractivity contribution is -0.122. The van der Waals surface area contributed by atoms with E-state index in [2.05, 4.69) is 10.3 Å². The second-order valence-corrected chi connectivity index (χ2v) is 8.27. The first-order valence-electron chi connectivity index (χ1n) is 10.8. The van der Waals surface area contributed by atoms with Crippen molar-refractivity contribution in [1.29, 1.82) is 0 Å². The van der Waals surface area contributed by atoms with Gasteiger partial charge in [0.1, 0.15) is 6.54 Å². The van der Waals surface area contributed by atoms with Gasteiger partial charge in [0.2, 0.25) is 5.91 Å². The first-order chi connectivity index (χ1) is 14.6. The number of hydrogen-bond acceptors (Lipinski definition) is 4. The minimum Gasteiger partial charge on any atom is -0.352 e. The Kier molecular flexibility index (Phi) is 6.26. The number of aromatic nitrogens is 2. The van der Waals surface area contributed by atoms with Crippen LogP contribution in [0.1, 0.15) is 61.0 Å². The van der Waals surface area contributed by atoms with Gasteiger partial charge in [-0.15, -0.1) is 0 Å². The van der Waals surface area contributed by atoms with E-state index in [1.807, 2.05) is 23.1 Å². The van der Waals surface area contributed by atoms with Gasteiger partial charge >= 0.3 is 0 Å². The topological polar surface area (TPSA) is 84.3 Å². The lowest BCUT2D eigenvalue weighted by Crippen LogP contribution is -2.40. The van der Waals surface area contributed by atoms with Crippen molar-refractivity contribution < 1.29 is 9.59 Å². The zero-order valence-corrected chi connectivity index (χ0v) is 17.1. The van der Waals surface area contributed by atoms with Gasteiger partial charge in [-0.3, -0.25) is 19.4 Å². The Morgan fingerprint density at radius 2 is 1.87 bits per heavy atom. The van der Waals surface area contributed by atoms with Crippen molar-refractivity contribution in [2.45, 2.75) is 70.1 Å². The third kappa shape index (κ3) is 5.14. The van der Waals surface area contributed by atoms with E-state index in [4.69, 9.17) is 0 Å². The fourth-order valence-corrected chi connectivity index (χ4v) is 4.04. The van der Waals surface area contributed by atoms with Crippen molar-refractivity contribution in [3.8, 4) is 0 Å². The van der Waals surface area contributed by atoms with Gasteiger partial charge in [0.05, 0.1) is 17.8 Å². The predicted molar refractivity (Wildman–Crippen MR) is 113 cm³/mol. The van der Waals surface area contributed by atoms with Crippen LogP contribution in [0.2, 0.25) is 0 Å². The van der Waals surface area contributed by atoms with Gasteiger partial charge in [0.25, 0.3) is 11.5 Å². The molecule has 0 spiro atoms. The Labute approximate surface area is 176 Å². The van der Waals surface area contributed by atoms with Crippen LogP contribution in [0.3, 0.4) is 0 Å². The van der Waals surface area contributed by atoms with Crippen LogP contribution in [0.4, 0.5) is 0 Å². The molecule has 2 aliphatic rings. The highest BCUT2D eigenvalue weighted by Crippen LogP contribution is 2.29. The number of pyridine rings is 2. The third-order valence-electron chi connectivity index (χ3n) is 5.82. The van der Waals surface area contributed by atoms with Crippen LogP contribution in [-0.4, -0.2) is 38.3 Å². The first kappa shape index (κ1) is 20.3. The number of carbonyl (C=O) groups excluding carboxylic acids is 2. The van der Waals surface area contributed by atoms with Crippen LogP contribution in [0.25, 0.3) is 0 Å². The Balaban J connectivity index is 1.46. The molecule has 2 aromatic rings. The summed E-state index contributed by atoms with van der Waals surface area (Å²) in [6.45, 7) is 0.367. The molecule has 0 unspecified atom stereocenters. The fraction of sp³-hybridized carbons (Fsp3) is 0.478. The Morgan fingerprint density at radius 1 is 1.07 bits per heavy atom. The second-order valence-electron chi connectivity index (χ2n) is 8.27. The number of hydrogen-bond donors (Lipinski definition) is 1. The molecule has 7 heteroatoms. The normalized spacial score (nSPS) is 16.8. The molecule has 0 aromatic carbocycles. The molecule has 2 heterocycles. The maximum atomic E-state index is 13.2. The smallest absolute Gasteiger partial charge is 0.255 e. The number of carbonyl (C=O) groups is 2. The molecule has 30 heavy (non-hydrogen) atoms. The standard InChI is InChI=1S/C23H28N4O3/c28-21(25-18-6-2-1-3-7-18)16-26-14-17(9-12-22(26)29)23(30)27(20-10-11-20)15-19-8-4-5-13-24-19/h4-5,8-9,12-14,18,20H,1-3,6-7,10-11,15-16H2,(H,25,28). The molecule has 158 valence electrons. The molecule has 0 saturated heterocycles. The highest BCUT2D eigenvalue weighted by Gasteiger charge is 2.33. The van der Waals surface area contributed by atoms with E-state index in [0.29, 0.717) is 12.1 Å². The van der Waals surface area contributed by atoms with Gasteiger partial charge in [-0.2, -0.15) is 0 Å². The molecule has 2 amide bonds. The molecule has 0 aliphatic heterocycles. The molecule has 2 aliphatic carbocycles. The molecular formula is C23H28N4O3. The summed E-state index contributed by atoms with van der Waals surface area (Å²) in [5, 5.41) is 3.02. The van der Waals surface area contributed by atoms with Crippen molar-refractivity contribution in [2.75, 3.05) is 0 Å². The van der Waals surface area contributed by atoms with Crippen LogP contribution < -0.4 is 10.9 Å². The monoisotopic (exact) mass is 408 g/mol. The summed E-state index contributed by atoms with van der Waals surface area (Å²) in [6, 6.07) is 8.97. The van der Waals surface area contributed by atoms with E-state index < -0.39 is 0 Å². The third-order valence-corrected chi connectivity index (χ3v) is 5.82. The van der Waals surface area contributed by atoms with Crippen LogP contribution in [0.15, 0.2) is 47.5 Å². The van der Waals surface area contributed by atoms with E-state index >= 15 is 0 Å². The summed E-state index contributed by atoms with van der Waals surface area (Å²) in [7, 11) is 0. The number of nitrogens with zero attached hydrogens (tertiary/aromatic N) is 3. The largest absolute Gasteiger partial charge is 0.352 e. The van der Waals surface area contributed by atoms with Crippen molar-refractivity contribution in [2.24, 2.45) is 0 Å². The van der Waals surface area contributed by atoms with E-state index in [0.717, 1.165) is 44.2 Å². The minimum absolute atomic E-state index is 0.0693. The van der Waals surface area contributed by atoms with Crippen molar-refractivity contribution in [3.63, 3.8) is 0 Å². The van der Waals surface area contributed by atoms with Gasteiger partial charge in [0, 0.05) is 30.5 Å². The number of rotatable bonds is 7. The molecule has 0 radical (unpaired) electrons. The average Bonchev–Trinajstić information content (AvgIpc) is 3.60. The van der Waals surface area contributed by atoms with Crippen LogP contribution >= 0.6 is 0 Å². The summed E-state index contributed by atoms with van der Waals surface area (Å²) in [6.07, 6.45) is 10.6. The fourth-order valence-electron chi connectivity index (χ4n) is 4.04. The van der Waals surface area contributed by atoms with Gasteiger partial charge in [-0.1, -0.05) is 25.3 Å². The molecule has 2 saturated carbocycles. The number of amides is 2. The van der Waals surface area contributed by atoms with E-state index in [-0.39, 0.29) is 36.0 Å². The molecule has 7 nitrogen and oxygen atoms in total. The maximum Gasteiger partial charge on any atom is 0.255 e. The van der Waals surface area contributed by atoms with Gasteiger partial charge in [0.15, 0.2) is 0 Å². The quantitative estimate of drug-likeness (QED) is 0.763. The van der Waals surface area contributed by atoms with E-state index in [1.165, 1.54) is 23.3 Å². The lowest BCUT2D eigenvalue weighted by Gasteiger charge is -2.23. The summed E-state index contributed by atoms with van der Waals surface area (Å²) in [5.74, 6) is -0.314. The van der Waals surface area contributed by atoms with E-state index in [9.17, 15) is 14.4 Å². The number of nitrogens with one attached hydrogen (secondary N) is 1. The molecule has 1 N–H and O–H groups in total. The summed E-state index contributed by atoms with van der Waals surface area (Å²) in [4.78, 5) is 44.0. The zero-order chi connectivity index (χ0) is 20.9. The molecule has 2 aromatic heterocycles.